The number of nitrogens with zero attached hydrogens (tertiary/aromatic N) is 2. The largest absolute Gasteiger partial charge is 0.465 e. The van der Waals surface area contributed by atoms with Crippen LogP contribution in [0.4, 0.5) is 0 Å². The summed E-state index contributed by atoms with van der Waals surface area (Å²) < 4.78 is 12.7. The molecule has 0 saturated carbocycles. The van der Waals surface area contributed by atoms with Crippen molar-refractivity contribution in [1.82, 2.24) is 9.80 Å². The maximum absolute atomic E-state index is 15.0. The maximum Gasteiger partial charge on any atom is 0.312 e. The van der Waals surface area contributed by atoms with E-state index in [-0.39, 0.29) is 42.3 Å². The van der Waals surface area contributed by atoms with Crippen LogP contribution in [-0.4, -0.2) is 81.3 Å². The number of amides is 2. The molecule has 2 amide bonds. The second-order valence-corrected chi connectivity index (χ2v) is 15.3. The van der Waals surface area contributed by atoms with Gasteiger partial charge in [0, 0.05) is 12.1 Å². The lowest BCUT2D eigenvalue weighted by Crippen LogP contribution is -2.63. The molecule has 1 N–H and O–H groups in total. The Kier molecular flexibility index (Phi) is 10.7. The summed E-state index contributed by atoms with van der Waals surface area (Å²) in [5.74, 6) is -2.82. The van der Waals surface area contributed by atoms with Crippen LogP contribution >= 0.6 is 0 Å². The quantitative estimate of drug-likeness (QED) is 0.150. The molecule has 0 aromatic carbocycles. The van der Waals surface area contributed by atoms with Crippen LogP contribution in [0, 0.1) is 29.1 Å². The van der Waals surface area contributed by atoms with Crippen LogP contribution in [0.15, 0.2) is 25.3 Å². The Labute approximate surface area is 260 Å². The molecule has 0 radical (unpaired) electrons. The molecule has 3 aliphatic rings. The summed E-state index contributed by atoms with van der Waals surface area (Å²) in [6, 6.07) is -1.57. The van der Waals surface area contributed by atoms with Crippen LogP contribution in [0.25, 0.3) is 0 Å². The highest BCUT2D eigenvalue weighted by Crippen LogP contribution is 2.66. The Balaban J connectivity index is 2.15. The molecule has 1 spiro atoms. The van der Waals surface area contributed by atoms with Crippen molar-refractivity contribution in [2.24, 2.45) is 29.1 Å². The van der Waals surface area contributed by atoms with E-state index < -0.39 is 46.6 Å². The lowest BCUT2D eigenvalue weighted by Gasteiger charge is -2.47. The minimum Gasteiger partial charge on any atom is -0.465 e. The number of esters is 1. The summed E-state index contributed by atoms with van der Waals surface area (Å²) in [4.78, 5) is 47.0. The first kappa shape index (κ1) is 35.3. The Morgan fingerprint density at radius 2 is 1.86 bits per heavy atom. The number of ether oxygens (including phenoxy) is 2. The van der Waals surface area contributed by atoms with Gasteiger partial charge in [0.05, 0.1) is 30.8 Å². The summed E-state index contributed by atoms with van der Waals surface area (Å²) in [5, 5.41) is 10.7. The zero-order valence-electron chi connectivity index (χ0n) is 28.3. The number of hydrogen-bond acceptors (Lipinski definition) is 6. The normalized spacial score (nSPS) is 31.5. The van der Waals surface area contributed by atoms with Gasteiger partial charge in [0.2, 0.25) is 11.8 Å². The Morgan fingerprint density at radius 3 is 2.40 bits per heavy atom. The molecule has 0 aromatic rings. The van der Waals surface area contributed by atoms with Gasteiger partial charge >= 0.3 is 5.97 Å². The van der Waals surface area contributed by atoms with Gasteiger partial charge < -0.3 is 24.4 Å². The zero-order valence-corrected chi connectivity index (χ0v) is 28.3. The molecule has 3 heterocycles. The lowest BCUT2D eigenvalue weighted by atomic mass is 9.62. The van der Waals surface area contributed by atoms with Crippen LogP contribution in [0.1, 0.15) is 101 Å². The van der Waals surface area contributed by atoms with Gasteiger partial charge in [0.1, 0.15) is 17.6 Å². The van der Waals surface area contributed by atoms with Gasteiger partial charge in [-0.15, -0.1) is 13.2 Å². The van der Waals surface area contributed by atoms with Crippen molar-refractivity contribution >= 4 is 17.8 Å². The number of carbonyl (C=O) groups excluding carboxylic acids is 3. The molecular formula is C35H58N2O6. The molecule has 3 rings (SSSR count). The van der Waals surface area contributed by atoms with Gasteiger partial charge in [-0.25, -0.2) is 0 Å². The highest BCUT2D eigenvalue weighted by Gasteiger charge is 2.81. The van der Waals surface area contributed by atoms with E-state index in [1.165, 1.54) is 0 Å². The predicted octanol–water partition coefficient (Wildman–Crippen LogP) is 5.53. The number of aliphatic hydroxyl groups excluding tert-OH is 1. The van der Waals surface area contributed by atoms with E-state index in [4.69, 9.17) is 9.47 Å². The fraction of sp³-hybridized carbons (Fsp3) is 0.800. The standard InChI is InChI=1S/C35H58N2O6/c1-12-15-16-17-19-42-31(41)27-26-29(39)37(25(21-38)23(4)14-3)28(35(26)20-24(5)34(27,11)43-35)30(40)36(18-13-2)33(9,10)22-32(6,7)8/h12-13,23-28,38H,1-2,14-22H2,3-11H3/t23-,24?,25-,26-,27-,28?,34+,35?/m0/s1. The highest BCUT2D eigenvalue weighted by molar-refractivity contribution is 5.99. The number of allylic oxidation sites excluding steroid dienone is 1. The number of carbonyl (C=O) groups is 3. The predicted molar refractivity (Wildman–Crippen MR) is 169 cm³/mol. The second-order valence-electron chi connectivity index (χ2n) is 15.3. The van der Waals surface area contributed by atoms with Gasteiger partial charge in [-0.05, 0) is 70.1 Å². The van der Waals surface area contributed by atoms with Crippen molar-refractivity contribution < 1.29 is 29.0 Å². The number of rotatable bonds is 15. The van der Waals surface area contributed by atoms with Gasteiger partial charge in [0.25, 0.3) is 0 Å². The van der Waals surface area contributed by atoms with Crippen LogP contribution in [0.5, 0.6) is 0 Å². The molecule has 244 valence electrons. The number of likely N-dealkylation sites (tertiary alicyclic amines) is 1. The van der Waals surface area contributed by atoms with E-state index in [9.17, 15) is 14.7 Å². The SMILES string of the molecule is C=CCCCCOC(=O)[C@@H]1[C@H]2C(=O)N([C@@H](CO)[C@@H](C)CC)C(C(=O)N(CC=C)C(C)(C)CC(C)(C)C)C23CC(C)[C@@]1(C)O3. The van der Waals surface area contributed by atoms with E-state index in [0.29, 0.717) is 25.8 Å². The second kappa shape index (κ2) is 13.0. The monoisotopic (exact) mass is 602 g/mol. The first-order chi connectivity index (χ1) is 20.0. The number of aliphatic hydroxyl groups is 1. The molecule has 3 aliphatic heterocycles. The topological polar surface area (TPSA) is 96.4 Å². The van der Waals surface area contributed by atoms with E-state index in [0.717, 1.165) is 19.3 Å². The fourth-order valence-corrected chi connectivity index (χ4v) is 8.44. The molecule has 43 heavy (non-hydrogen) atoms. The van der Waals surface area contributed by atoms with Gasteiger partial charge in [-0.1, -0.05) is 60.1 Å². The van der Waals surface area contributed by atoms with E-state index in [1.807, 2.05) is 38.7 Å². The summed E-state index contributed by atoms with van der Waals surface area (Å²) in [6.07, 6.45) is 7.87. The summed E-state index contributed by atoms with van der Waals surface area (Å²) in [6.45, 7) is 26.5. The van der Waals surface area contributed by atoms with Crippen LogP contribution in [-0.2, 0) is 23.9 Å². The van der Waals surface area contributed by atoms with Crippen molar-refractivity contribution in [3.63, 3.8) is 0 Å². The molecule has 8 heteroatoms. The van der Waals surface area contributed by atoms with Crippen molar-refractivity contribution in [2.45, 2.75) is 130 Å². The fourth-order valence-electron chi connectivity index (χ4n) is 8.44. The first-order valence-electron chi connectivity index (χ1n) is 16.3. The van der Waals surface area contributed by atoms with E-state index in [2.05, 4.69) is 47.8 Å². The zero-order chi connectivity index (χ0) is 32.5. The third kappa shape index (κ3) is 6.33. The molecule has 0 aromatic heterocycles. The van der Waals surface area contributed by atoms with Crippen molar-refractivity contribution in [1.29, 1.82) is 0 Å². The van der Waals surface area contributed by atoms with Gasteiger partial charge in [-0.3, -0.25) is 14.4 Å². The smallest absolute Gasteiger partial charge is 0.312 e. The molecule has 8 nitrogen and oxygen atoms in total. The molecule has 3 fully saturated rings. The summed E-state index contributed by atoms with van der Waals surface area (Å²) >= 11 is 0. The molecule has 2 bridgehead atoms. The highest BCUT2D eigenvalue weighted by atomic mass is 16.6. The molecule has 8 atom stereocenters. The molecule has 0 aliphatic carbocycles. The Hall–Kier alpha value is -2.19. The van der Waals surface area contributed by atoms with Gasteiger partial charge in [-0.2, -0.15) is 0 Å². The van der Waals surface area contributed by atoms with Crippen LogP contribution < -0.4 is 0 Å². The molecule has 3 unspecified atom stereocenters. The third-order valence-corrected chi connectivity index (χ3v) is 10.4. The Morgan fingerprint density at radius 1 is 1.21 bits per heavy atom. The van der Waals surface area contributed by atoms with Crippen molar-refractivity contribution in [3.8, 4) is 0 Å². The summed E-state index contributed by atoms with van der Waals surface area (Å²) in [7, 11) is 0. The third-order valence-electron chi connectivity index (χ3n) is 10.4. The minimum atomic E-state index is -1.20. The number of fused-ring (bicyclic) bond motifs is 1. The number of hydrogen-bond donors (Lipinski definition) is 1. The van der Waals surface area contributed by atoms with E-state index in [1.54, 1.807) is 11.0 Å². The van der Waals surface area contributed by atoms with Gasteiger partial charge in [0.15, 0.2) is 0 Å². The van der Waals surface area contributed by atoms with Crippen molar-refractivity contribution in [2.75, 3.05) is 19.8 Å². The first-order valence-corrected chi connectivity index (χ1v) is 16.3. The molecular weight excluding hydrogens is 544 g/mol. The lowest BCUT2D eigenvalue weighted by molar-refractivity contribution is -0.165. The summed E-state index contributed by atoms with van der Waals surface area (Å²) in [5.41, 5.74) is -2.77. The average Bonchev–Trinajstić information content (AvgIpc) is 3.42. The minimum absolute atomic E-state index is 0.0651. The van der Waals surface area contributed by atoms with Crippen molar-refractivity contribution in [3.05, 3.63) is 25.3 Å². The van der Waals surface area contributed by atoms with Crippen LogP contribution in [0.2, 0.25) is 0 Å². The molecule has 3 saturated heterocycles. The average molecular weight is 603 g/mol. The maximum atomic E-state index is 15.0. The Bertz CT molecular complexity index is 1070. The number of unbranched alkanes of at least 4 members (excludes halogenated alkanes) is 2. The van der Waals surface area contributed by atoms with E-state index >= 15 is 4.79 Å². The van der Waals surface area contributed by atoms with Crippen LogP contribution in [0.3, 0.4) is 0 Å².